The van der Waals surface area contributed by atoms with Gasteiger partial charge < -0.3 is 33.2 Å². The van der Waals surface area contributed by atoms with E-state index in [9.17, 15) is 9.59 Å². The molecule has 0 unspecified atom stereocenters. The van der Waals surface area contributed by atoms with Gasteiger partial charge in [0.2, 0.25) is 12.5 Å². The number of ether oxygens (including phenoxy) is 7. The minimum absolute atomic E-state index is 0.0729. The molecule has 2 aliphatic heterocycles. The Balaban J connectivity index is 1.53. The summed E-state index contributed by atoms with van der Waals surface area (Å²) in [5.74, 6) is 0.000611. The monoisotopic (exact) mass is 519 g/mol. The molecular weight excluding hydrogens is 494 g/mol. The van der Waals surface area contributed by atoms with Gasteiger partial charge in [-0.05, 0) is 47.5 Å². The normalized spacial score (nSPS) is 22.7. The van der Waals surface area contributed by atoms with Crippen LogP contribution >= 0.6 is 0 Å². The van der Waals surface area contributed by atoms with Crippen molar-refractivity contribution in [3.8, 4) is 28.7 Å². The Morgan fingerprint density at radius 1 is 0.895 bits per heavy atom. The topological polar surface area (TPSA) is 112 Å². The number of hydrogen-bond donors (Lipinski definition) is 0. The largest absolute Gasteiger partial charge is 0.493 e. The molecule has 0 spiro atoms. The lowest BCUT2D eigenvalue weighted by Gasteiger charge is -2.38. The lowest BCUT2D eigenvalue weighted by atomic mass is 9.66. The minimum atomic E-state index is -0.755. The molecule has 3 aliphatic rings. The molecule has 0 radical (unpaired) electrons. The van der Waals surface area contributed by atoms with Crippen molar-refractivity contribution in [1.82, 2.24) is 4.98 Å². The molecule has 0 saturated carbocycles. The first-order valence-corrected chi connectivity index (χ1v) is 12.0. The van der Waals surface area contributed by atoms with E-state index < -0.39 is 29.8 Å². The quantitative estimate of drug-likeness (QED) is 0.447. The molecule has 1 saturated heterocycles. The fourth-order valence-electron chi connectivity index (χ4n) is 5.62. The maximum absolute atomic E-state index is 13.3. The number of benzene rings is 2. The molecule has 6 rings (SSSR count). The second kappa shape index (κ2) is 9.44. The second-order valence-electron chi connectivity index (χ2n) is 9.15. The van der Waals surface area contributed by atoms with Gasteiger partial charge in [-0.1, -0.05) is 0 Å². The molecule has 10 heteroatoms. The second-order valence-corrected chi connectivity index (χ2v) is 9.15. The number of rotatable bonds is 6. The molecule has 196 valence electrons. The van der Waals surface area contributed by atoms with E-state index >= 15 is 0 Å². The fourth-order valence-corrected chi connectivity index (χ4v) is 5.62. The Labute approximate surface area is 218 Å². The molecule has 0 amide bonds. The summed E-state index contributed by atoms with van der Waals surface area (Å²) in [7, 11) is 4.60. The van der Waals surface area contributed by atoms with Crippen LogP contribution in [0.4, 0.5) is 0 Å². The predicted octanol–water partition coefficient (Wildman–Crippen LogP) is 3.67. The van der Waals surface area contributed by atoms with Gasteiger partial charge in [-0.25, -0.2) is 4.79 Å². The molecule has 4 atom stereocenters. The van der Waals surface area contributed by atoms with Gasteiger partial charge in [0.05, 0.1) is 39.4 Å². The van der Waals surface area contributed by atoms with Crippen LogP contribution in [0.2, 0.25) is 0 Å². The first kappa shape index (κ1) is 23.9. The zero-order valence-corrected chi connectivity index (χ0v) is 21.0. The number of esters is 2. The summed E-state index contributed by atoms with van der Waals surface area (Å²) in [6.45, 7) is 0.177. The Hall–Kier alpha value is -4.47. The fraction of sp³-hybridized carbons (Fsp3) is 0.321. The SMILES string of the molecule is COc1cc([C@H]2c3cc4c(cc3[C@@H](OC(=O)c3ccncc3)[C@H]3COC(=O)[C@H]23)OCO4)cc(OC)c1OC. The van der Waals surface area contributed by atoms with Crippen LogP contribution in [0.15, 0.2) is 48.8 Å². The van der Waals surface area contributed by atoms with Gasteiger partial charge in [-0.3, -0.25) is 9.78 Å². The number of carbonyl (C=O) groups is 2. The number of cyclic esters (lactones) is 1. The van der Waals surface area contributed by atoms with Gasteiger partial charge in [0.15, 0.2) is 23.0 Å². The van der Waals surface area contributed by atoms with Gasteiger partial charge in [0.1, 0.15) is 6.10 Å². The molecule has 1 aromatic heterocycles. The van der Waals surface area contributed by atoms with Crippen LogP contribution in [0.25, 0.3) is 0 Å². The van der Waals surface area contributed by atoms with E-state index in [0.29, 0.717) is 34.3 Å². The first-order valence-electron chi connectivity index (χ1n) is 12.0. The van der Waals surface area contributed by atoms with Crippen LogP contribution in [0.1, 0.15) is 39.1 Å². The van der Waals surface area contributed by atoms with Crippen molar-refractivity contribution in [3.05, 3.63) is 71.0 Å². The number of hydrogen-bond acceptors (Lipinski definition) is 10. The standard InChI is InChI=1S/C28H25NO9/c1-32-21-8-15(9-22(33-2)26(21)34-3)23-16-10-19-20(37-13-36-19)11-17(16)25(18-12-35-28(31)24(18)23)38-27(30)14-4-6-29-7-5-14/h4-11,18,23-25H,12-13H2,1-3H3/t18-,23-,24-,25+/m0/s1. The molecule has 3 aromatic rings. The van der Waals surface area contributed by atoms with Crippen molar-refractivity contribution in [1.29, 1.82) is 0 Å². The number of nitrogens with zero attached hydrogens (tertiary/aromatic N) is 1. The summed E-state index contributed by atoms with van der Waals surface area (Å²) in [5, 5.41) is 0. The van der Waals surface area contributed by atoms with Gasteiger partial charge in [-0.2, -0.15) is 0 Å². The van der Waals surface area contributed by atoms with Crippen LogP contribution in [0.5, 0.6) is 28.7 Å². The van der Waals surface area contributed by atoms with Crippen molar-refractivity contribution < 1.29 is 42.7 Å². The molecular formula is C28H25NO9. The van der Waals surface area contributed by atoms with Crippen molar-refractivity contribution >= 4 is 11.9 Å². The van der Waals surface area contributed by atoms with Gasteiger partial charge in [0.25, 0.3) is 0 Å². The Morgan fingerprint density at radius 2 is 1.55 bits per heavy atom. The predicted molar refractivity (Wildman–Crippen MR) is 131 cm³/mol. The van der Waals surface area contributed by atoms with Crippen LogP contribution in [-0.2, 0) is 14.3 Å². The van der Waals surface area contributed by atoms with Gasteiger partial charge >= 0.3 is 11.9 Å². The summed E-state index contributed by atoms with van der Waals surface area (Å²) in [6.07, 6.45) is 2.29. The lowest BCUT2D eigenvalue weighted by molar-refractivity contribution is -0.141. The van der Waals surface area contributed by atoms with Crippen LogP contribution in [0.3, 0.4) is 0 Å². The van der Waals surface area contributed by atoms with E-state index in [2.05, 4.69) is 4.98 Å². The third kappa shape index (κ3) is 3.75. The number of carbonyl (C=O) groups excluding carboxylic acids is 2. The van der Waals surface area contributed by atoms with Crippen LogP contribution in [-0.4, -0.2) is 51.7 Å². The number of methoxy groups -OCH3 is 3. The van der Waals surface area contributed by atoms with Crippen molar-refractivity contribution in [2.24, 2.45) is 11.8 Å². The zero-order valence-electron chi connectivity index (χ0n) is 21.0. The molecule has 1 fully saturated rings. The average Bonchev–Trinajstić information content (AvgIpc) is 3.57. The van der Waals surface area contributed by atoms with Crippen molar-refractivity contribution in [3.63, 3.8) is 0 Å². The van der Waals surface area contributed by atoms with E-state index in [4.69, 9.17) is 33.2 Å². The third-order valence-corrected chi connectivity index (χ3v) is 7.32. The molecule has 1 aliphatic carbocycles. The van der Waals surface area contributed by atoms with Crippen LogP contribution < -0.4 is 23.7 Å². The molecule has 38 heavy (non-hydrogen) atoms. The highest BCUT2D eigenvalue weighted by Crippen LogP contribution is 2.56. The molecule has 3 heterocycles. The molecule has 2 aromatic carbocycles. The van der Waals surface area contributed by atoms with E-state index in [-0.39, 0.29) is 19.4 Å². The van der Waals surface area contributed by atoms with E-state index in [1.165, 1.54) is 33.7 Å². The Kier molecular flexibility index (Phi) is 5.94. The maximum atomic E-state index is 13.3. The summed E-state index contributed by atoms with van der Waals surface area (Å²) < 4.78 is 39.7. The van der Waals surface area contributed by atoms with Crippen molar-refractivity contribution in [2.45, 2.75) is 12.0 Å². The summed E-state index contributed by atoms with van der Waals surface area (Å²) >= 11 is 0. The van der Waals surface area contributed by atoms with E-state index in [1.54, 1.807) is 12.1 Å². The molecule has 0 bridgehead atoms. The van der Waals surface area contributed by atoms with Gasteiger partial charge in [-0.15, -0.1) is 0 Å². The smallest absolute Gasteiger partial charge is 0.338 e. The Bertz CT molecular complexity index is 1380. The van der Waals surface area contributed by atoms with Crippen LogP contribution in [0, 0.1) is 11.8 Å². The highest BCUT2D eigenvalue weighted by atomic mass is 16.7. The number of pyridine rings is 1. The first-order chi connectivity index (χ1) is 18.5. The zero-order chi connectivity index (χ0) is 26.4. The number of fused-ring (bicyclic) bond motifs is 3. The van der Waals surface area contributed by atoms with Gasteiger partial charge in [0, 0.05) is 29.8 Å². The summed E-state index contributed by atoms with van der Waals surface area (Å²) in [4.78, 5) is 30.4. The molecule has 10 nitrogen and oxygen atoms in total. The average molecular weight is 520 g/mol. The highest BCUT2D eigenvalue weighted by Gasteiger charge is 2.54. The lowest BCUT2D eigenvalue weighted by Crippen LogP contribution is -2.36. The van der Waals surface area contributed by atoms with E-state index in [0.717, 1.165) is 16.7 Å². The highest BCUT2D eigenvalue weighted by molar-refractivity contribution is 5.89. The Morgan fingerprint density at radius 3 is 2.18 bits per heavy atom. The third-order valence-electron chi connectivity index (χ3n) is 7.32. The minimum Gasteiger partial charge on any atom is -0.493 e. The summed E-state index contributed by atoms with van der Waals surface area (Å²) in [6, 6.07) is 10.5. The maximum Gasteiger partial charge on any atom is 0.338 e. The van der Waals surface area contributed by atoms with Crippen molar-refractivity contribution in [2.75, 3.05) is 34.7 Å². The number of aromatic nitrogens is 1. The van der Waals surface area contributed by atoms with E-state index in [1.807, 2.05) is 24.3 Å². The molecule has 0 N–H and O–H groups in total. The summed E-state index contributed by atoms with van der Waals surface area (Å²) in [5.41, 5.74) is 2.59.